The van der Waals surface area contributed by atoms with Crippen molar-refractivity contribution in [1.29, 1.82) is 0 Å². The van der Waals surface area contributed by atoms with Gasteiger partial charge in [-0.25, -0.2) is 9.18 Å². The van der Waals surface area contributed by atoms with Crippen LogP contribution in [0.25, 0.3) is 0 Å². The molecule has 1 rings (SSSR count). The topological polar surface area (TPSA) is 49.8 Å². The number of aliphatic hydroxyl groups excluding tert-OH is 1. The quantitative estimate of drug-likeness (QED) is 0.723. The monoisotopic (exact) mass is 219 g/mol. The first kappa shape index (κ1) is 12.2. The van der Waals surface area contributed by atoms with Crippen LogP contribution in [-0.2, 0) is 4.74 Å². The summed E-state index contributed by atoms with van der Waals surface area (Å²) in [6, 6.07) is -0.546. The molecular weight excluding hydrogens is 201 g/mol. The van der Waals surface area contributed by atoms with Gasteiger partial charge >= 0.3 is 6.09 Å². The second-order valence-corrected chi connectivity index (χ2v) is 4.83. The predicted octanol–water partition coefficient (Wildman–Crippen LogP) is 1.33. The molecule has 0 aliphatic carbocycles. The fraction of sp³-hybridized carbons (Fsp3) is 0.900. The van der Waals surface area contributed by atoms with Crippen molar-refractivity contribution in [2.24, 2.45) is 0 Å². The van der Waals surface area contributed by atoms with Crippen LogP contribution in [0.2, 0.25) is 0 Å². The van der Waals surface area contributed by atoms with E-state index in [2.05, 4.69) is 0 Å². The lowest BCUT2D eigenvalue weighted by atomic mass is 10.2. The van der Waals surface area contributed by atoms with Gasteiger partial charge in [0.05, 0.1) is 18.7 Å². The Bertz CT molecular complexity index is 239. The predicted molar refractivity (Wildman–Crippen MR) is 53.3 cm³/mol. The Labute approximate surface area is 89.0 Å². The Morgan fingerprint density at radius 3 is 2.67 bits per heavy atom. The van der Waals surface area contributed by atoms with E-state index in [1.165, 1.54) is 4.90 Å². The van der Waals surface area contributed by atoms with Crippen LogP contribution in [0.5, 0.6) is 0 Å². The number of hydrogen-bond acceptors (Lipinski definition) is 3. The molecule has 1 aliphatic heterocycles. The van der Waals surface area contributed by atoms with E-state index < -0.39 is 30.5 Å². The zero-order chi connectivity index (χ0) is 11.6. The van der Waals surface area contributed by atoms with Crippen molar-refractivity contribution >= 4 is 6.09 Å². The van der Waals surface area contributed by atoms with Gasteiger partial charge < -0.3 is 9.84 Å². The molecule has 88 valence electrons. The molecule has 2 atom stereocenters. The normalized spacial score (nSPS) is 26.9. The molecule has 0 unspecified atom stereocenters. The minimum absolute atomic E-state index is 0.156. The smallest absolute Gasteiger partial charge is 0.410 e. The molecule has 15 heavy (non-hydrogen) atoms. The van der Waals surface area contributed by atoms with Gasteiger partial charge in [0.25, 0.3) is 0 Å². The molecular formula is C10H18FNO3. The third-order valence-electron chi connectivity index (χ3n) is 2.20. The van der Waals surface area contributed by atoms with Crippen molar-refractivity contribution in [3.8, 4) is 0 Å². The summed E-state index contributed by atoms with van der Waals surface area (Å²) in [5, 5.41) is 9.33. The van der Waals surface area contributed by atoms with Gasteiger partial charge in [-0.05, 0) is 27.2 Å². The molecule has 0 aromatic heterocycles. The van der Waals surface area contributed by atoms with E-state index in [1.54, 1.807) is 20.8 Å². The van der Waals surface area contributed by atoms with Crippen LogP contribution in [-0.4, -0.2) is 47.1 Å². The number of β-amino-alcohol motifs (C(OH)–C–C–N with tert-alkyl or cyclic N) is 1. The maximum absolute atomic E-state index is 12.6. The van der Waals surface area contributed by atoms with E-state index in [0.29, 0.717) is 0 Å². The summed E-state index contributed by atoms with van der Waals surface area (Å²) in [5.74, 6) is 0. The zero-order valence-electron chi connectivity index (χ0n) is 9.36. The number of aliphatic hydroxyl groups is 1. The molecule has 1 fully saturated rings. The highest BCUT2D eigenvalue weighted by Gasteiger charge is 2.36. The van der Waals surface area contributed by atoms with Gasteiger partial charge in [-0.1, -0.05) is 0 Å². The van der Waals surface area contributed by atoms with Crippen LogP contribution in [0, 0.1) is 0 Å². The van der Waals surface area contributed by atoms with Crippen LogP contribution in [0.1, 0.15) is 27.2 Å². The molecule has 0 aromatic carbocycles. The molecule has 0 aromatic rings. The molecule has 1 N–H and O–H groups in total. The molecule has 1 saturated heterocycles. The van der Waals surface area contributed by atoms with Gasteiger partial charge in [0.1, 0.15) is 12.3 Å². The number of carbonyl (C=O) groups excluding carboxylic acids is 1. The summed E-state index contributed by atoms with van der Waals surface area (Å²) in [6.45, 7) is 4.77. The molecule has 4 nitrogen and oxygen atoms in total. The van der Waals surface area contributed by atoms with Gasteiger partial charge in [0.15, 0.2) is 0 Å². The number of likely N-dealkylation sites (tertiary alicyclic amines) is 1. The molecule has 1 heterocycles. The third kappa shape index (κ3) is 3.34. The molecule has 0 saturated carbocycles. The fourth-order valence-corrected chi connectivity index (χ4v) is 1.58. The molecule has 0 radical (unpaired) electrons. The molecule has 0 spiro atoms. The fourth-order valence-electron chi connectivity index (χ4n) is 1.58. The number of carbonyl (C=O) groups is 1. The van der Waals surface area contributed by atoms with Gasteiger partial charge in [0.2, 0.25) is 0 Å². The van der Waals surface area contributed by atoms with Crippen molar-refractivity contribution in [3.05, 3.63) is 0 Å². The van der Waals surface area contributed by atoms with E-state index in [9.17, 15) is 14.3 Å². The van der Waals surface area contributed by atoms with Gasteiger partial charge in [-0.15, -0.1) is 0 Å². The Hall–Kier alpha value is -0.840. The van der Waals surface area contributed by atoms with Crippen LogP contribution in [0.3, 0.4) is 0 Å². The number of halogens is 1. The lowest BCUT2D eigenvalue weighted by molar-refractivity contribution is 0.0191. The first-order valence-corrected chi connectivity index (χ1v) is 5.07. The van der Waals surface area contributed by atoms with Gasteiger partial charge in [-0.3, -0.25) is 4.90 Å². The van der Waals surface area contributed by atoms with Crippen molar-refractivity contribution < 1.29 is 19.0 Å². The van der Waals surface area contributed by atoms with Crippen LogP contribution >= 0.6 is 0 Å². The average Bonchev–Trinajstić information content (AvgIpc) is 2.43. The standard InChI is InChI=1S/C10H18FNO3/c1-10(2,3)15-9(14)12-6-8(13)4-7(12)5-11/h7-8,13H,4-6H2,1-3H3/t7-,8-/m1/s1. The second-order valence-electron chi connectivity index (χ2n) is 4.83. The van der Waals surface area contributed by atoms with E-state index in [0.717, 1.165) is 0 Å². The summed E-state index contributed by atoms with van der Waals surface area (Å²) < 4.78 is 17.7. The lowest BCUT2D eigenvalue weighted by Crippen LogP contribution is -2.41. The Morgan fingerprint density at radius 1 is 1.60 bits per heavy atom. The van der Waals surface area contributed by atoms with Crippen molar-refractivity contribution in [3.63, 3.8) is 0 Å². The average molecular weight is 219 g/mol. The highest BCUT2D eigenvalue weighted by molar-refractivity contribution is 5.69. The van der Waals surface area contributed by atoms with Crippen molar-refractivity contribution in [2.75, 3.05) is 13.2 Å². The lowest BCUT2D eigenvalue weighted by Gasteiger charge is -2.27. The number of amides is 1. The maximum Gasteiger partial charge on any atom is 0.410 e. The molecule has 0 bridgehead atoms. The van der Waals surface area contributed by atoms with Crippen molar-refractivity contribution in [2.45, 2.75) is 44.9 Å². The Balaban J connectivity index is 2.59. The van der Waals surface area contributed by atoms with E-state index in [4.69, 9.17) is 4.74 Å². The van der Waals surface area contributed by atoms with Crippen LogP contribution < -0.4 is 0 Å². The summed E-state index contributed by atoms with van der Waals surface area (Å²) in [4.78, 5) is 12.9. The number of hydrogen-bond donors (Lipinski definition) is 1. The molecule has 5 heteroatoms. The Morgan fingerprint density at radius 2 is 2.20 bits per heavy atom. The molecule has 1 aliphatic rings. The van der Waals surface area contributed by atoms with E-state index >= 15 is 0 Å². The largest absolute Gasteiger partial charge is 0.444 e. The highest BCUT2D eigenvalue weighted by atomic mass is 19.1. The number of alkyl halides is 1. The first-order valence-electron chi connectivity index (χ1n) is 5.07. The summed E-state index contributed by atoms with van der Waals surface area (Å²) in [5.41, 5.74) is -0.592. The van der Waals surface area contributed by atoms with Gasteiger partial charge in [0, 0.05) is 0 Å². The summed E-state index contributed by atoms with van der Waals surface area (Å²) in [7, 11) is 0. The van der Waals surface area contributed by atoms with Crippen LogP contribution in [0.4, 0.5) is 9.18 Å². The van der Waals surface area contributed by atoms with Crippen LogP contribution in [0.15, 0.2) is 0 Å². The van der Waals surface area contributed by atoms with E-state index in [1.807, 2.05) is 0 Å². The van der Waals surface area contributed by atoms with Gasteiger partial charge in [-0.2, -0.15) is 0 Å². The molecule has 1 amide bonds. The van der Waals surface area contributed by atoms with E-state index in [-0.39, 0.29) is 13.0 Å². The second kappa shape index (κ2) is 4.35. The summed E-state index contributed by atoms with van der Waals surface area (Å²) in [6.07, 6.45) is -0.907. The maximum atomic E-state index is 12.6. The van der Waals surface area contributed by atoms with Crippen molar-refractivity contribution in [1.82, 2.24) is 4.90 Å². The SMILES string of the molecule is CC(C)(C)OC(=O)N1C[C@H](O)C[C@@H]1CF. The third-order valence-corrected chi connectivity index (χ3v) is 2.20. The Kier molecular flexibility index (Phi) is 3.54. The first-order chi connectivity index (χ1) is 6.83. The minimum Gasteiger partial charge on any atom is -0.444 e. The minimum atomic E-state index is -0.643. The summed E-state index contributed by atoms with van der Waals surface area (Å²) >= 11 is 0. The zero-order valence-corrected chi connectivity index (χ0v) is 9.36. The number of rotatable bonds is 1. The number of ether oxygens (including phenoxy) is 1. The highest BCUT2D eigenvalue weighted by Crippen LogP contribution is 2.21. The number of nitrogens with zero attached hydrogens (tertiary/aromatic N) is 1.